The molecule has 0 aliphatic rings. The standard InChI is InChI=1S/C45H18B9N3O2/c46-33-30(34(47)36(49)31(35(33)48)32-37(50)39(52)41(54)40(53)38(32)51)22-17-18-24(29-21-12-5-7-15-26(21)59-42(22)29)45-56-43(19-9-2-1-3-10-19)55-44(57-45)23-13-8-16-27-28(23)20-11-4-6-14-25(20)58-27/h1-18H. The first-order valence-electron chi connectivity index (χ1n) is 18.5. The van der Waals surface area contributed by atoms with Crippen LogP contribution in [0.25, 0.3) is 100 Å². The minimum Gasteiger partial charge on any atom is -0.456 e. The highest BCUT2D eigenvalue weighted by atomic mass is 16.3. The second-order valence-electron chi connectivity index (χ2n) is 14.3. The third kappa shape index (κ3) is 5.63. The molecule has 0 atom stereocenters. The van der Waals surface area contributed by atoms with Gasteiger partial charge in [0, 0.05) is 43.8 Å². The van der Waals surface area contributed by atoms with Crippen molar-refractivity contribution in [3.63, 3.8) is 0 Å². The van der Waals surface area contributed by atoms with Gasteiger partial charge in [0.2, 0.25) is 0 Å². The number of fused-ring (bicyclic) bond motifs is 6. The average molecular weight is 730 g/mol. The van der Waals surface area contributed by atoms with Gasteiger partial charge in [-0.15, -0.1) is 16.4 Å². The number of hydrogen-bond acceptors (Lipinski definition) is 5. The molecule has 5 nitrogen and oxygen atoms in total. The first kappa shape index (κ1) is 37.0. The quantitative estimate of drug-likeness (QED) is 0.249. The van der Waals surface area contributed by atoms with Gasteiger partial charge in [0.05, 0.1) is 0 Å². The fourth-order valence-electron chi connectivity index (χ4n) is 8.01. The molecule has 10 rings (SSSR count). The van der Waals surface area contributed by atoms with Crippen LogP contribution < -0.4 is 49.2 Å². The molecule has 0 amide bonds. The second-order valence-corrected chi connectivity index (χ2v) is 14.3. The van der Waals surface area contributed by atoms with Gasteiger partial charge < -0.3 is 8.83 Å². The summed E-state index contributed by atoms with van der Waals surface area (Å²) in [4.78, 5) is 15.3. The van der Waals surface area contributed by atoms with Crippen LogP contribution in [0, 0.1) is 0 Å². The minimum absolute atomic E-state index is 0.0259. The fraction of sp³-hybridized carbons (Fsp3) is 0. The first-order valence-corrected chi connectivity index (χ1v) is 18.5. The summed E-state index contributed by atoms with van der Waals surface area (Å²) in [6, 6.07) is 34.9. The molecule has 0 N–H and O–H groups in total. The molecule has 0 aliphatic heterocycles. The lowest BCUT2D eigenvalue weighted by Gasteiger charge is -2.28. The van der Waals surface area contributed by atoms with E-state index in [4.69, 9.17) is 94.4 Å². The first-order chi connectivity index (χ1) is 28.5. The van der Waals surface area contributed by atoms with Crippen LogP contribution in [-0.2, 0) is 0 Å². The zero-order valence-electron chi connectivity index (χ0n) is 31.2. The van der Waals surface area contributed by atoms with Crippen molar-refractivity contribution in [1.29, 1.82) is 0 Å². The summed E-state index contributed by atoms with van der Waals surface area (Å²) in [6.07, 6.45) is 0. The Bertz CT molecular complexity index is 3340. The van der Waals surface area contributed by atoms with E-state index in [0.717, 1.165) is 32.9 Å². The van der Waals surface area contributed by atoms with Crippen molar-refractivity contribution in [1.82, 2.24) is 15.0 Å². The van der Waals surface area contributed by atoms with Gasteiger partial charge in [-0.2, -0.15) is 0 Å². The SMILES string of the molecule is [B]c1c([B])c([B])c(-c2c([B])c([B])c(-c3ccc(-c4nc(-c5ccccc5)nc(-c5cccc6oc7ccccc7c56)n4)c4c3oc3ccccc34)c([B])c2[B])c([B])c1[B]. The molecule has 18 radical (unpaired) electrons. The summed E-state index contributed by atoms with van der Waals surface area (Å²) in [6.45, 7) is 0. The van der Waals surface area contributed by atoms with Gasteiger partial charge in [0.1, 0.15) is 92.9 Å². The zero-order chi connectivity index (χ0) is 40.9. The van der Waals surface area contributed by atoms with Crippen molar-refractivity contribution in [2.75, 3.05) is 0 Å². The van der Waals surface area contributed by atoms with Crippen LogP contribution >= 0.6 is 0 Å². The number of nitrogens with zero attached hydrogens (tertiary/aromatic N) is 3. The Morgan fingerprint density at radius 1 is 0.322 bits per heavy atom. The van der Waals surface area contributed by atoms with Crippen LogP contribution in [0.4, 0.5) is 0 Å². The lowest BCUT2D eigenvalue weighted by molar-refractivity contribution is 0.669. The predicted molar refractivity (Wildman–Crippen MR) is 250 cm³/mol. The maximum Gasteiger partial charge on any atom is 0.164 e. The third-order valence-electron chi connectivity index (χ3n) is 11.0. The Morgan fingerprint density at radius 3 is 1.39 bits per heavy atom. The van der Waals surface area contributed by atoms with Gasteiger partial charge >= 0.3 is 0 Å². The fourth-order valence-corrected chi connectivity index (χ4v) is 8.01. The van der Waals surface area contributed by atoms with Gasteiger partial charge in [-0.05, 0) is 47.0 Å². The Morgan fingerprint density at radius 2 is 0.763 bits per heavy atom. The summed E-state index contributed by atoms with van der Waals surface area (Å²) in [7, 11) is 58.8. The molecule has 252 valence electrons. The number of rotatable bonds is 5. The van der Waals surface area contributed by atoms with E-state index in [1.54, 1.807) is 0 Å². The Hall–Kier alpha value is -6.27. The topological polar surface area (TPSA) is 65.0 Å². The number of benzene rings is 7. The lowest BCUT2D eigenvalue weighted by atomic mass is 9.56. The van der Waals surface area contributed by atoms with Crippen LogP contribution in [0.5, 0.6) is 0 Å². The lowest BCUT2D eigenvalue weighted by Crippen LogP contribution is -2.57. The van der Waals surface area contributed by atoms with Crippen LogP contribution in [0.3, 0.4) is 0 Å². The van der Waals surface area contributed by atoms with Crippen LogP contribution in [-0.4, -0.2) is 85.6 Å². The molecule has 3 heterocycles. The van der Waals surface area contributed by atoms with E-state index in [2.05, 4.69) is 0 Å². The maximum atomic E-state index is 6.90. The molecule has 10 aromatic rings. The Kier molecular flexibility index (Phi) is 8.75. The summed E-state index contributed by atoms with van der Waals surface area (Å²) in [5, 5.41) is 3.34. The minimum atomic E-state index is 0.0259. The number of furan rings is 2. The van der Waals surface area contributed by atoms with E-state index in [1.807, 2.05) is 109 Å². The van der Waals surface area contributed by atoms with Crippen molar-refractivity contribution in [2.24, 2.45) is 0 Å². The maximum absolute atomic E-state index is 6.90. The van der Waals surface area contributed by atoms with Gasteiger partial charge in [0.25, 0.3) is 0 Å². The molecule has 7 aromatic carbocycles. The van der Waals surface area contributed by atoms with Crippen LogP contribution in [0.2, 0.25) is 0 Å². The molecule has 59 heavy (non-hydrogen) atoms. The highest BCUT2D eigenvalue weighted by molar-refractivity contribution is 6.70. The van der Waals surface area contributed by atoms with Crippen molar-refractivity contribution >= 4 is 164 Å². The summed E-state index contributed by atoms with van der Waals surface area (Å²) < 4.78 is 12.9. The molecule has 0 saturated heterocycles. The zero-order valence-corrected chi connectivity index (χ0v) is 31.2. The van der Waals surface area contributed by atoms with Gasteiger partial charge in [-0.1, -0.05) is 112 Å². The van der Waals surface area contributed by atoms with E-state index in [0.29, 0.717) is 56.3 Å². The molecule has 0 bridgehead atoms. The molecule has 0 unspecified atom stereocenters. The van der Waals surface area contributed by atoms with E-state index < -0.39 is 0 Å². The molecule has 14 heteroatoms. The van der Waals surface area contributed by atoms with Crippen LogP contribution in [0.15, 0.2) is 118 Å². The summed E-state index contributed by atoms with van der Waals surface area (Å²) in [5.74, 6) is 1.34. The Balaban J connectivity index is 1.24. The van der Waals surface area contributed by atoms with Crippen LogP contribution in [0.1, 0.15) is 0 Å². The highest BCUT2D eigenvalue weighted by Crippen LogP contribution is 2.42. The molecule has 3 aromatic heterocycles. The van der Waals surface area contributed by atoms with E-state index >= 15 is 0 Å². The number of para-hydroxylation sites is 2. The van der Waals surface area contributed by atoms with Crippen molar-refractivity contribution in [2.45, 2.75) is 0 Å². The molecular weight excluding hydrogens is 712 g/mol. The summed E-state index contributed by atoms with van der Waals surface area (Å²) >= 11 is 0. The third-order valence-corrected chi connectivity index (χ3v) is 11.0. The highest BCUT2D eigenvalue weighted by Gasteiger charge is 2.25. The number of aromatic nitrogens is 3. The largest absolute Gasteiger partial charge is 0.456 e. The number of hydrogen-bond donors (Lipinski definition) is 0. The van der Waals surface area contributed by atoms with Gasteiger partial charge in [0.15, 0.2) is 17.5 Å². The van der Waals surface area contributed by atoms with E-state index in [9.17, 15) is 0 Å². The molecular formula is C45H18B9N3O2. The molecule has 0 aliphatic carbocycles. The monoisotopic (exact) mass is 731 g/mol. The second kappa shape index (κ2) is 13.9. The molecule has 0 saturated carbocycles. The van der Waals surface area contributed by atoms with Crippen molar-refractivity contribution in [3.05, 3.63) is 109 Å². The van der Waals surface area contributed by atoms with E-state index in [1.165, 1.54) is 0 Å². The molecule has 0 spiro atoms. The van der Waals surface area contributed by atoms with Gasteiger partial charge in [-0.25, -0.2) is 15.0 Å². The van der Waals surface area contributed by atoms with Crippen molar-refractivity contribution < 1.29 is 8.83 Å². The summed E-state index contributed by atoms with van der Waals surface area (Å²) in [5.41, 5.74) is 6.48. The molecule has 0 fully saturated rings. The van der Waals surface area contributed by atoms with Crippen molar-refractivity contribution in [3.8, 4) is 56.4 Å². The van der Waals surface area contributed by atoms with Gasteiger partial charge in [-0.3, -0.25) is 0 Å². The average Bonchev–Trinajstić information content (AvgIpc) is 3.85. The Labute approximate surface area is 351 Å². The van der Waals surface area contributed by atoms with E-state index in [-0.39, 0.29) is 60.3 Å². The predicted octanol–water partition coefficient (Wildman–Crippen LogP) is 1.15. The smallest absolute Gasteiger partial charge is 0.164 e. The normalized spacial score (nSPS) is 11.7.